The number of likely N-dealkylation sites (tertiary alicyclic amines) is 1. The normalized spacial score (nSPS) is 16.3. The Labute approximate surface area is 193 Å². The molecule has 7 nitrogen and oxygen atoms in total. The molecule has 0 spiro atoms. The van der Waals surface area contributed by atoms with Crippen LogP contribution in [-0.2, 0) is 16.6 Å². The highest BCUT2D eigenvalue weighted by atomic mass is 127. The molecular formula is C20H36IN5O2S. The van der Waals surface area contributed by atoms with Crippen LogP contribution in [0, 0.1) is 0 Å². The average molecular weight is 538 g/mol. The van der Waals surface area contributed by atoms with Crippen LogP contribution in [-0.4, -0.2) is 63.8 Å². The van der Waals surface area contributed by atoms with Crippen LogP contribution >= 0.6 is 24.0 Å². The fourth-order valence-electron chi connectivity index (χ4n) is 3.27. The van der Waals surface area contributed by atoms with E-state index in [1.165, 1.54) is 6.42 Å². The number of hydrogen-bond donors (Lipinski definition) is 3. The van der Waals surface area contributed by atoms with Crippen molar-refractivity contribution in [2.45, 2.75) is 45.7 Å². The Bertz CT molecular complexity index is 692. The van der Waals surface area contributed by atoms with Gasteiger partial charge in [0, 0.05) is 32.2 Å². The van der Waals surface area contributed by atoms with Crippen molar-refractivity contribution in [3.63, 3.8) is 0 Å². The molecule has 0 amide bonds. The average Bonchev–Trinajstić information content (AvgIpc) is 2.69. The number of sulfonamides is 1. The van der Waals surface area contributed by atoms with Gasteiger partial charge < -0.3 is 15.5 Å². The first-order valence-electron chi connectivity index (χ1n) is 10.3. The molecule has 0 saturated carbocycles. The van der Waals surface area contributed by atoms with E-state index in [1.54, 1.807) is 0 Å². The zero-order valence-corrected chi connectivity index (χ0v) is 20.7. The molecule has 2 rings (SSSR count). The fourth-order valence-corrected chi connectivity index (χ4v) is 4.13. The van der Waals surface area contributed by atoms with Crippen LogP contribution in [0.3, 0.4) is 0 Å². The van der Waals surface area contributed by atoms with Gasteiger partial charge in [-0.3, -0.25) is 4.99 Å². The molecule has 0 atom stereocenters. The summed E-state index contributed by atoms with van der Waals surface area (Å²) in [5.41, 5.74) is 0.944. The Balaban J connectivity index is 0.00000420. The van der Waals surface area contributed by atoms with Crippen molar-refractivity contribution in [2.24, 2.45) is 4.99 Å². The number of aliphatic imine (C=N–C) groups is 1. The quantitative estimate of drug-likeness (QED) is 0.242. The van der Waals surface area contributed by atoms with Gasteiger partial charge in [0.15, 0.2) is 5.96 Å². The third-order valence-corrected chi connectivity index (χ3v) is 6.09. The summed E-state index contributed by atoms with van der Waals surface area (Å²) in [4.78, 5) is 6.96. The van der Waals surface area contributed by atoms with Gasteiger partial charge in [-0.15, -0.1) is 24.0 Å². The Morgan fingerprint density at radius 1 is 1.17 bits per heavy atom. The summed E-state index contributed by atoms with van der Waals surface area (Å²) >= 11 is 0. The lowest BCUT2D eigenvalue weighted by Gasteiger charge is -2.32. The predicted octanol–water partition coefficient (Wildman–Crippen LogP) is 2.15. The zero-order chi connectivity index (χ0) is 20.2. The molecule has 9 heteroatoms. The summed E-state index contributed by atoms with van der Waals surface area (Å²) in [6, 6.07) is 9.90. The van der Waals surface area contributed by atoms with E-state index in [2.05, 4.69) is 32.2 Å². The van der Waals surface area contributed by atoms with Crippen LogP contribution in [0.4, 0.5) is 0 Å². The molecule has 1 saturated heterocycles. The highest BCUT2D eigenvalue weighted by Crippen LogP contribution is 2.10. The summed E-state index contributed by atoms with van der Waals surface area (Å²) in [5, 5.41) is 6.68. The van der Waals surface area contributed by atoms with Gasteiger partial charge in [0.05, 0.1) is 12.3 Å². The monoisotopic (exact) mass is 537 g/mol. The SMILES string of the molecule is CCCN1CCC(NC(=NCCS(=O)(=O)NCc2ccccc2)NCC)CC1.I. The van der Waals surface area contributed by atoms with Gasteiger partial charge in [0.25, 0.3) is 0 Å². The van der Waals surface area contributed by atoms with Crippen LogP contribution in [0.5, 0.6) is 0 Å². The maximum atomic E-state index is 12.2. The third kappa shape index (κ3) is 10.6. The zero-order valence-electron chi connectivity index (χ0n) is 17.6. The number of piperidine rings is 1. The Morgan fingerprint density at radius 3 is 2.48 bits per heavy atom. The minimum absolute atomic E-state index is 0. The van der Waals surface area contributed by atoms with Crippen LogP contribution in [0.15, 0.2) is 35.3 Å². The number of rotatable bonds is 10. The lowest BCUT2D eigenvalue weighted by atomic mass is 10.1. The lowest BCUT2D eigenvalue weighted by Crippen LogP contribution is -2.49. The molecule has 1 fully saturated rings. The van der Waals surface area contributed by atoms with Crippen molar-refractivity contribution in [1.82, 2.24) is 20.3 Å². The smallest absolute Gasteiger partial charge is 0.213 e. The lowest BCUT2D eigenvalue weighted by molar-refractivity contribution is 0.206. The van der Waals surface area contributed by atoms with Crippen LogP contribution < -0.4 is 15.4 Å². The minimum atomic E-state index is -3.36. The van der Waals surface area contributed by atoms with E-state index < -0.39 is 10.0 Å². The molecule has 1 aliphatic rings. The van der Waals surface area contributed by atoms with Gasteiger partial charge in [-0.05, 0) is 38.3 Å². The standard InChI is InChI=1S/C20H35N5O2S.HI/c1-3-13-25-14-10-19(11-15-25)24-20(21-4-2)22-12-16-28(26,27)23-17-18-8-6-5-7-9-18;/h5-9,19,23H,3-4,10-17H2,1-2H3,(H2,21,22,24);1H. The highest BCUT2D eigenvalue weighted by Gasteiger charge is 2.19. The molecule has 0 radical (unpaired) electrons. The molecule has 0 bridgehead atoms. The molecular weight excluding hydrogens is 501 g/mol. The van der Waals surface area contributed by atoms with Gasteiger partial charge in [0.2, 0.25) is 10.0 Å². The number of benzene rings is 1. The van der Waals surface area contributed by atoms with E-state index in [9.17, 15) is 8.42 Å². The molecule has 1 heterocycles. The summed E-state index contributed by atoms with van der Waals surface area (Å²) in [5.74, 6) is 0.681. The van der Waals surface area contributed by atoms with Gasteiger partial charge in [-0.1, -0.05) is 37.3 Å². The second-order valence-corrected chi connectivity index (χ2v) is 9.07. The summed E-state index contributed by atoms with van der Waals surface area (Å²) in [6.45, 7) is 8.87. The number of hydrogen-bond acceptors (Lipinski definition) is 4. The number of nitrogens with one attached hydrogen (secondary N) is 3. The fraction of sp³-hybridized carbons (Fsp3) is 0.650. The molecule has 0 aromatic heterocycles. The van der Waals surface area contributed by atoms with E-state index >= 15 is 0 Å². The number of guanidine groups is 1. The van der Waals surface area contributed by atoms with E-state index in [0.717, 1.165) is 44.6 Å². The van der Waals surface area contributed by atoms with Crippen molar-refractivity contribution in [1.29, 1.82) is 0 Å². The first-order chi connectivity index (χ1) is 13.5. The topological polar surface area (TPSA) is 85.8 Å². The maximum Gasteiger partial charge on any atom is 0.213 e. The van der Waals surface area contributed by atoms with Gasteiger partial charge in [-0.2, -0.15) is 0 Å². The van der Waals surface area contributed by atoms with Gasteiger partial charge in [0.1, 0.15) is 0 Å². The summed E-state index contributed by atoms with van der Waals surface area (Å²) < 4.78 is 27.0. The molecule has 166 valence electrons. The van der Waals surface area contributed by atoms with Crippen LogP contribution in [0.25, 0.3) is 0 Å². The minimum Gasteiger partial charge on any atom is -0.357 e. The van der Waals surface area contributed by atoms with Crippen molar-refractivity contribution < 1.29 is 8.42 Å². The Morgan fingerprint density at radius 2 is 1.86 bits per heavy atom. The largest absolute Gasteiger partial charge is 0.357 e. The molecule has 29 heavy (non-hydrogen) atoms. The molecule has 1 aliphatic heterocycles. The predicted molar refractivity (Wildman–Crippen MR) is 131 cm³/mol. The molecule has 1 aromatic carbocycles. The van der Waals surface area contributed by atoms with Crippen molar-refractivity contribution in [3.8, 4) is 0 Å². The van der Waals surface area contributed by atoms with E-state index in [0.29, 0.717) is 18.5 Å². The number of halogens is 1. The molecule has 3 N–H and O–H groups in total. The first kappa shape index (κ1) is 26.1. The van der Waals surface area contributed by atoms with Gasteiger partial charge in [-0.25, -0.2) is 13.1 Å². The third-order valence-electron chi connectivity index (χ3n) is 4.78. The summed E-state index contributed by atoms with van der Waals surface area (Å²) in [7, 11) is -3.36. The molecule has 0 unspecified atom stereocenters. The Kier molecular flexibility index (Phi) is 12.8. The molecule has 1 aromatic rings. The van der Waals surface area contributed by atoms with E-state index in [-0.39, 0.29) is 36.3 Å². The first-order valence-corrected chi connectivity index (χ1v) is 12.0. The second kappa shape index (κ2) is 14.2. The number of nitrogens with zero attached hydrogens (tertiary/aromatic N) is 2. The highest BCUT2D eigenvalue weighted by molar-refractivity contribution is 14.0. The van der Waals surface area contributed by atoms with Crippen molar-refractivity contribution in [2.75, 3.05) is 38.5 Å². The maximum absolute atomic E-state index is 12.2. The van der Waals surface area contributed by atoms with Crippen molar-refractivity contribution >= 4 is 40.0 Å². The van der Waals surface area contributed by atoms with Crippen LogP contribution in [0.1, 0.15) is 38.7 Å². The van der Waals surface area contributed by atoms with E-state index in [4.69, 9.17) is 0 Å². The second-order valence-electron chi connectivity index (χ2n) is 7.15. The van der Waals surface area contributed by atoms with Gasteiger partial charge >= 0.3 is 0 Å². The van der Waals surface area contributed by atoms with Crippen molar-refractivity contribution in [3.05, 3.63) is 35.9 Å². The summed E-state index contributed by atoms with van der Waals surface area (Å²) in [6.07, 6.45) is 3.36. The van der Waals surface area contributed by atoms with E-state index in [1.807, 2.05) is 37.3 Å². The van der Waals surface area contributed by atoms with Crippen LogP contribution in [0.2, 0.25) is 0 Å². The Hall–Kier alpha value is -0.910. The molecule has 0 aliphatic carbocycles.